The third-order valence-electron chi connectivity index (χ3n) is 5.49. The summed E-state index contributed by atoms with van der Waals surface area (Å²) in [6.45, 7) is 5.37. The average Bonchev–Trinajstić information content (AvgIpc) is 3.12. The lowest BCUT2D eigenvalue weighted by Crippen LogP contribution is -2.40. The van der Waals surface area contributed by atoms with Gasteiger partial charge in [-0.05, 0) is 69.0 Å². The number of hydrogen-bond acceptors (Lipinski definition) is 7. The Labute approximate surface area is 216 Å². The molecule has 0 radical (unpaired) electrons. The summed E-state index contributed by atoms with van der Waals surface area (Å²) < 4.78 is 13.0. The van der Waals surface area contributed by atoms with E-state index in [1.165, 1.54) is 11.3 Å². The van der Waals surface area contributed by atoms with Crippen LogP contribution in [0, 0.1) is 0 Å². The molecule has 2 heterocycles. The number of nitrogens with zero attached hydrogens (tertiary/aromatic N) is 2. The molecule has 2 aromatic carbocycles. The van der Waals surface area contributed by atoms with Gasteiger partial charge in [-0.25, -0.2) is 9.79 Å². The molecule has 1 atom stereocenters. The Morgan fingerprint density at radius 2 is 1.94 bits per heavy atom. The van der Waals surface area contributed by atoms with Gasteiger partial charge in [0.2, 0.25) is 0 Å². The highest BCUT2D eigenvalue weighted by molar-refractivity contribution is 7.98. The predicted molar refractivity (Wildman–Crippen MR) is 141 cm³/mol. The van der Waals surface area contributed by atoms with Crippen LogP contribution in [0.3, 0.4) is 0 Å². The van der Waals surface area contributed by atoms with Gasteiger partial charge in [-0.1, -0.05) is 35.1 Å². The van der Waals surface area contributed by atoms with Crippen LogP contribution in [0.25, 0.3) is 6.08 Å². The van der Waals surface area contributed by atoms with Gasteiger partial charge in [0.25, 0.3) is 5.56 Å². The van der Waals surface area contributed by atoms with Gasteiger partial charge in [-0.2, -0.15) is 0 Å². The van der Waals surface area contributed by atoms with E-state index < -0.39 is 12.0 Å². The number of fused-ring (bicyclic) bond motifs is 1. The molecule has 0 amide bonds. The summed E-state index contributed by atoms with van der Waals surface area (Å²) in [5.41, 5.74) is 2.12. The first-order valence-corrected chi connectivity index (χ1v) is 13.4. The monoisotopic (exact) mass is 528 g/mol. The molecule has 0 spiro atoms. The number of methoxy groups -OCH3 is 1. The maximum absolute atomic E-state index is 13.7. The maximum Gasteiger partial charge on any atom is 0.338 e. The Hall–Kier alpha value is -2.81. The minimum Gasteiger partial charge on any atom is -0.496 e. The first-order chi connectivity index (χ1) is 16.7. The number of carbonyl (C=O) groups is 1. The third-order valence-corrected chi connectivity index (χ3v) is 7.46. The molecule has 1 aromatic heterocycles. The average molecular weight is 529 g/mol. The van der Waals surface area contributed by atoms with E-state index in [-0.39, 0.29) is 11.7 Å². The number of allylic oxidation sites excluding steroid dienone is 1. The molecule has 0 saturated carbocycles. The molecule has 3 aromatic rings. The SMILES string of the molecule is COc1ccc(Cl)cc1/C=c1\sc2n(c1=O)[C@@H](c1ccc(SC)cc1)C(C(=O)OC(C)C)=C(C)N=2. The number of thiazole rings is 1. The number of rotatable bonds is 6. The molecule has 1 aliphatic heterocycles. The van der Waals surface area contributed by atoms with E-state index in [2.05, 4.69) is 4.99 Å². The standard InChI is InChI=1S/C26H25ClN2O4S2/c1-14(2)33-25(31)22-15(3)28-26-29(23(22)16-6-9-19(34-5)10-7-16)24(30)21(35-26)13-17-12-18(27)8-11-20(17)32-4/h6-14,23H,1-5H3/b21-13-/t23-/m0/s1. The number of benzene rings is 2. The van der Waals surface area contributed by atoms with Crippen LogP contribution < -0.4 is 19.6 Å². The Kier molecular flexibility index (Phi) is 7.54. The van der Waals surface area contributed by atoms with Crippen molar-refractivity contribution in [2.24, 2.45) is 4.99 Å². The number of carbonyl (C=O) groups excluding carboxylic acids is 1. The molecule has 4 rings (SSSR count). The van der Waals surface area contributed by atoms with Crippen molar-refractivity contribution < 1.29 is 14.3 Å². The first-order valence-electron chi connectivity index (χ1n) is 10.9. The van der Waals surface area contributed by atoms with Gasteiger partial charge in [-0.15, -0.1) is 11.8 Å². The van der Waals surface area contributed by atoms with Gasteiger partial charge >= 0.3 is 5.97 Å². The van der Waals surface area contributed by atoms with Gasteiger partial charge < -0.3 is 9.47 Å². The number of halogens is 1. The molecule has 0 aliphatic carbocycles. The van der Waals surface area contributed by atoms with Gasteiger partial charge in [0, 0.05) is 15.5 Å². The van der Waals surface area contributed by atoms with E-state index in [1.807, 2.05) is 30.5 Å². The summed E-state index contributed by atoms with van der Waals surface area (Å²) in [6, 6.07) is 12.4. The highest BCUT2D eigenvalue weighted by Gasteiger charge is 2.33. The lowest BCUT2D eigenvalue weighted by molar-refractivity contribution is -0.143. The van der Waals surface area contributed by atoms with Crippen molar-refractivity contribution in [1.82, 2.24) is 4.57 Å². The number of esters is 1. The predicted octanol–water partition coefficient (Wildman–Crippen LogP) is 4.57. The molecule has 0 saturated heterocycles. The van der Waals surface area contributed by atoms with Crippen molar-refractivity contribution in [1.29, 1.82) is 0 Å². The number of ether oxygens (including phenoxy) is 2. The van der Waals surface area contributed by atoms with Crippen molar-refractivity contribution in [2.75, 3.05) is 13.4 Å². The van der Waals surface area contributed by atoms with Crippen LogP contribution in [0.1, 0.15) is 37.9 Å². The molecule has 6 nitrogen and oxygen atoms in total. The molecule has 0 N–H and O–H groups in total. The van der Waals surface area contributed by atoms with E-state index in [1.54, 1.807) is 68.5 Å². The van der Waals surface area contributed by atoms with E-state index in [0.717, 1.165) is 10.5 Å². The molecule has 1 aliphatic rings. The van der Waals surface area contributed by atoms with Crippen molar-refractivity contribution >= 4 is 46.7 Å². The Morgan fingerprint density at radius 3 is 2.57 bits per heavy atom. The minimum absolute atomic E-state index is 0.253. The summed E-state index contributed by atoms with van der Waals surface area (Å²) in [5.74, 6) is 0.118. The zero-order valence-corrected chi connectivity index (χ0v) is 22.4. The summed E-state index contributed by atoms with van der Waals surface area (Å²) in [4.78, 5) is 33.1. The van der Waals surface area contributed by atoms with E-state index in [0.29, 0.717) is 36.9 Å². The lowest BCUT2D eigenvalue weighted by atomic mass is 9.96. The molecule has 35 heavy (non-hydrogen) atoms. The van der Waals surface area contributed by atoms with Crippen LogP contribution in [-0.4, -0.2) is 30.0 Å². The van der Waals surface area contributed by atoms with Crippen LogP contribution in [0.2, 0.25) is 5.02 Å². The zero-order chi connectivity index (χ0) is 25.3. The van der Waals surface area contributed by atoms with Crippen LogP contribution in [0.5, 0.6) is 5.75 Å². The number of aromatic nitrogens is 1. The quantitative estimate of drug-likeness (QED) is 0.346. The van der Waals surface area contributed by atoms with Crippen molar-refractivity contribution in [3.05, 3.63) is 89.6 Å². The van der Waals surface area contributed by atoms with Gasteiger partial charge in [0.05, 0.1) is 35.1 Å². The number of hydrogen-bond donors (Lipinski definition) is 0. The second-order valence-corrected chi connectivity index (χ2v) is 10.5. The molecule has 0 fully saturated rings. The Bertz CT molecular complexity index is 1490. The fraction of sp³-hybridized carbons (Fsp3) is 0.269. The summed E-state index contributed by atoms with van der Waals surface area (Å²) in [7, 11) is 1.57. The van der Waals surface area contributed by atoms with Crippen molar-refractivity contribution in [2.45, 2.75) is 37.8 Å². The lowest BCUT2D eigenvalue weighted by Gasteiger charge is -2.25. The van der Waals surface area contributed by atoms with Gasteiger partial charge in [-0.3, -0.25) is 9.36 Å². The normalized spacial score (nSPS) is 15.7. The zero-order valence-electron chi connectivity index (χ0n) is 20.0. The third kappa shape index (κ3) is 5.10. The second-order valence-electron chi connectivity index (χ2n) is 8.20. The fourth-order valence-corrected chi connectivity index (χ4v) is 5.55. The highest BCUT2D eigenvalue weighted by atomic mass is 35.5. The first kappa shape index (κ1) is 25.3. The van der Waals surface area contributed by atoms with E-state index in [9.17, 15) is 9.59 Å². The van der Waals surface area contributed by atoms with Crippen molar-refractivity contribution in [3.8, 4) is 5.75 Å². The topological polar surface area (TPSA) is 69.9 Å². The molecular weight excluding hydrogens is 504 g/mol. The van der Waals surface area contributed by atoms with E-state index in [4.69, 9.17) is 21.1 Å². The van der Waals surface area contributed by atoms with Gasteiger partial charge in [0.15, 0.2) is 4.80 Å². The smallest absolute Gasteiger partial charge is 0.338 e. The molecule has 182 valence electrons. The fourth-order valence-electron chi connectivity index (χ4n) is 3.92. The van der Waals surface area contributed by atoms with Crippen molar-refractivity contribution in [3.63, 3.8) is 0 Å². The van der Waals surface area contributed by atoms with Crippen LogP contribution in [-0.2, 0) is 9.53 Å². The maximum atomic E-state index is 13.7. The van der Waals surface area contributed by atoms with E-state index >= 15 is 0 Å². The molecule has 0 unspecified atom stereocenters. The summed E-state index contributed by atoms with van der Waals surface area (Å²) in [5, 5.41) is 0.533. The van der Waals surface area contributed by atoms with Crippen LogP contribution in [0.4, 0.5) is 0 Å². The van der Waals surface area contributed by atoms with Gasteiger partial charge in [0.1, 0.15) is 5.75 Å². The molecule has 9 heteroatoms. The van der Waals surface area contributed by atoms with Crippen LogP contribution >= 0.6 is 34.7 Å². The summed E-state index contributed by atoms with van der Waals surface area (Å²) >= 11 is 9.07. The van der Waals surface area contributed by atoms with Crippen LogP contribution in [0.15, 0.2) is 68.4 Å². The Morgan fingerprint density at radius 1 is 1.23 bits per heavy atom. The molecule has 0 bridgehead atoms. The highest BCUT2D eigenvalue weighted by Crippen LogP contribution is 2.32. The largest absolute Gasteiger partial charge is 0.496 e. The Balaban J connectivity index is 1.95. The molecular formula is C26H25ClN2O4S2. The number of thioether (sulfide) groups is 1. The minimum atomic E-state index is -0.656. The summed E-state index contributed by atoms with van der Waals surface area (Å²) in [6.07, 6.45) is 3.44. The second kappa shape index (κ2) is 10.4.